The van der Waals surface area contributed by atoms with Gasteiger partial charge in [0.15, 0.2) is 5.78 Å². The smallest absolute Gasteiger partial charge is 0.159 e. The van der Waals surface area contributed by atoms with Crippen LogP contribution in [0.25, 0.3) is 0 Å². The molecular formula is C22H37NOY2-2. The molecule has 2 radical (unpaired) electrons. The van der Waals surface area contributed by atoms with Crippen molar-refractivity contribution in [3.05, 3.63) is 86.6 Å². The van der Waals surface area contributed by atoms with Gasteiger partial charge in [0, 0.05) is 77.0 Å². The van der Waals surface area contributed by atoms with Gasteiger partial charge < -0.3 is 20.6 Å². The first kappa shape index (κ1) is 40.8. The number of hydrogen-bond acceptors (Lipinski definition) is 2. The van der Waals surface area contributed by atoms with Crippen LogP contribution in [0.1, 0.15) is 63.5 Å². The van der Waals surface area contributed by atoms with Crippen molar-refractivity contribution in [2.24, 2.45) is 5.73 Å². The van der Waals surface area contributed by atoms with Crippen LogP contribution in [0.15, 0.2) is 60.7 Å². The summed E-state index contributed by atoms with van der Waals surface area (Å²) in [6.07, 6.45) is 0. The molecule has 0 spiro atoms. The van der Waals surface area contributed by atoms with Gasteiger partial charge in [-0.25, -0.2) is 0 Å². The minimum absolute atomic E-state index is 0. The average molecular weight is 509 g/mol. The van der Waals surface area contributed by atoms with Gasteiger partial charge in [-0.05, 0) is 19.4 Å². The Morgan fingerprint density at radius 3 is 1.27 bits per heavy atom. The molecule has 0 saturated heterocycles. The first-order chi connectivity index (χ1) is 10.6. The summed E-state index contributed by atoms with van der Waals surface area (Å²) in [5.41, 5.74) is 7.58. The van der Waals surface area contributed by atoms with Crippen LogP contribution in [0.5, 0.6) is 0 Å². The number of hydrogen-bond donors (Lipinski definition) is 1. The van der Waals surface area contributed by atoms with E-state index in [9.17, 15) is 4.79 Å². The summed E-state index contributed by atoms with van der Waals surface area (Å²) in [5.74, 6) is 0.121. The van der Waals surface area contributed by atoms with Crippen molar-refractivity contribution in [3.63, 3.8) is 0 Å². The number of carbonyl (C=O) groups excluding carboxylic acids is 1. The van der Waals surface area contributed by atoms with E-state index in [4.69, 9.17) is 5.73 Å². The molecule has 0 amide bonds. The predicted octanol–water partition coefficient (Wildman–Crippen LogP) is 6.54. The van der Waals surface area contributed by atoms with Gasteiger partial charge in [0.05, 0.1) is 0 Å². The first-order valence-corrected chi connectivity index (χ1v) is 7.97. The average Bonchev–Trinajstić information content (AvgIpc) is 2.60. The summed E-state index contributed by atoms with van der Waals surface area (Å²) in [6.45, 7) is 11.5. The maximum Gasteiger partial charge on any atom is 0.159 e. The van der Waals surface area contributed by atoms with Gasteiger partial charge in [-0.1, -0.05) is 88.4 Å². The van der Waals surface area contributed by atoms with E-state index in [1.54, 1.807) is 6.92 Å². The maximum absolute atomic E-state index is 10.6. The van der Waals surface area contributed by atoms with Crippen molar-refractivity contribution in [3.8, 4) is 0 Å². The van der Waals surface area contributed by atoms with Gasteiger partial charge in [-0.3, -0.25) is 4.79 Å². The number of ketones is 1. The van der Waals surface area contributed by atoms with E-state index < -0.39 is 0 Å². The SMILES string of the molecule is CC.CC.CC(=O)c1ccccc1.CC(N)c1ccccc1.[CH3-].[CH3-].[Y].[Y]. The number of rotatable bonds is 2. The molecule has 0 bridgehead atoms. The largest absolute Gasteiger partial charge is 0.358 e. The van der Waals surface area contributed by atoms with E-state index >= 15 is 0 Å². The molecule has 4 heteroatoms. The van der Waals surface area contributed by atoms with Crippen molar-refractivity contribution in [1.29, 1.82) is 0 Å². The van der Waals surface area contributed by atoms with E-state index in [1.807, 2.05) is 95.3 Å². The Morgan fingerprint density at radius 1 is 0.769 bits per heavy atom. The van der Waals surface area contributed by atoms with Gasteiger partial charge in [-0.15, -0.1) is 0 Å². The topological polar surface area (TPSA) is 43.1 Å². The molecule has 26 heavy (non-hydrogen) atoms. The molecule has 1 unspecified atom stereocenters. The molecule has 0 aliphatic carbocycles. The van der Waals surface area contributed by atoms with Crippen LogP contribution in [0.3, 0.4) is 0 Å². The van der Waals surface area contributed by atoms with Crippen molar-refractivity contribution >= 4 is 5.78 Å². The van der Waals surface area contributed by atoms with Crippen molar-refractivity contribution in [1.82, 2.24) is 0 Å². The Morgan fingerprint density at radius 2 is 1.08 bits per heavy atom. The quantitative estimate of drug-likeness (QED) is 0.369. The summed E-state index contributed by atoms with van der Waals surface area (Å²) < 4.78 is 0. The molecule has 2 aromatic rings. The third-order valence-electron chi connectivity index (χ3n) is 2.51. The van der Waals surface area contributed by atoms with E-state index in [2.05, 4.69) is 0 Å². The second kappa shape index (κ2) is 30.0. The van der Waals surface area contributed by atoms with Gasteiger partial charge in [0.1, 0.15) is 0 Å². The second-order valence-electron chi connectivity index (χ2n) is 4.12. The Hall–Kier alpha value is 0.278. The van der Waals surface area contributed by atoms with Crippen LogP contribution >= 0.6 is 0 Å². The van der Waals surface area contributed by atoms with Gasteiger partial charge >= 0.3 is 0 Å². The van der Waals surface area contributed by atoms with Crippen molar-refractivity contribution < 1.29 is 70.2 Å². The van der Waals surface area contributed by atoms with Crippen LogP contribution in [0.2, 0.25) is 0 Å². The molecule has 0 aromatic heterocycles. The van der Waals surface area contributed by atoms with E-state index in [1.165, 1.54) is 5.56 Å². The molecule has 2 nitrogen and oxygen atoms in total. The number of nitrogens with two attached hydrogens (primary N) is 1. The second-order valence-corrected chi connectivity index (χ2v) is 4.12. The van der Waals surface area contributed by atoms with Gasteiger partial charge in [0.25, 0.3) is 0 Å². The Kier molecular flexibility index (Phi) is 47.1. The van der Waals surface area contributed by atoms with Crippen LogP contribution in [-0.4, -0.2) is 5.78 Å². The number of benzene rings is 2. The maximum atomic E-state index is 10.6. The Labute approximate surface area is 213 Å². The van der Waals surface area contributed by atoms with Gasteiger partial charge in [0.2, 0.25) is 0 Å². The fourth-order valence-corrected chi connectivity index (χ4v) is 1.43. The van der Waals surface area contributed by atoms with Crippen LogP contribution in [0, 0.1) is 14.9 Å². The minimum Gasteiger partial charge on any atom is -0.358 e. The van der Waals surface area contributed by atoms with Crippen LogP contribution < -0.4 is 5.73 Å². The molecule has 0 aliphatic heterocycles. The van der Waals surface area contributed by atoms with Crippen LogP contribution in [0.4, 0.5) is 0 Å². The molecule has 2 rings (SSSR count). The van der Waals surface area contributed by atoms with E-state index in [0.29, 0.717) is 0 Å². The summed E-state index contributed by atoms with van der Waals surface area (Å²) in [6, 6.07) is 19.4. The standard InChI is InChI=1S/C8H11N.C8H8O.2C2H6.2CH3.2Y/c2*1-7(9)8-5-3-2-4-6-8;2*1-2;;;;/h2-7H,9H2,1H3;2-6H,1H3;2*1-2H3;2*1H3;;/q;;;;2*-1;;. The summed E-state index contributed by atoms with van der Waals surface area (Å²) >= 11 is 0. The molecule has 1 atom stereocenters. The van der Waals surface area contributed by atoms with Crippen molar-refractivity contribution in [2.45, 2.75) is 47.6 Å². The van der Waals surface area contributed by atoms with E-state index in [0.717, 1.165) is 5.56 Å². The third-order valence-corrected chi connectivity index (χ3v) is 2.51. The van der Waals surface area contributed by atoms with Gasteiger partial charge in [-0.2, -0.15) is 0 Å². The molecule has 0 fully saturated rings. The Balaban J connectivity index is -0.0000000571. The molecule has 0 saturated carbocycles. The predicted molar refractivity (Wildman–Crippen MR) is 111 cm³/mol. The monoisotopic (exact) mass is 509 g/mol. The normalized spacial score (nSPS) is 8.12. The molecule has 0 heterocycles. The minimum atomic E-state index is 0. The molecule has 144 valence electrons. The van der Waals surface area contributed by atoms with Crippen LogP contribution in [-0.2, 0) is 65.4 Å². The fraction of sp³-hybridized carbons (Fsp3) is 0.318. The molecule has 2 N–H and O–H groups in total. The molecule has 2 aromatic carbocycles. The zero-order valence-corrected chi connectivity index (χ0v) is 23.7. The summed E-state index contributed by atoms with van der Waals surface area (Å²) in [5, 5.41) is 0. The molecule has 0 aliphatic rings. The Bertz CT molecular complexity index is 474. The third kappa shape index (κ3) is 22.3. The van der Waals surface area contributed by atoms with E-state index in [-0.39, 0.29) is 92.1 Å². The summed E-state index contributed by atoms with van der Waals surface area (Å²) in [4.78, 5) is 10.6. The molecular weight excluding hydrogens is 472 g/mol. The first-order valence-electron chi connectivity index (χ1n) is 7.97. The number of carbonyl (C=O) groups is 1. The zero-order chi connectivity index (χ0) is 17.4. The zero-order valence-electron chi connectivity index (χ0n) is 18.0. The summed E-state index contributed by atoms with van der Waals surface area (Å²) in [7, 11) is 0. The fourth-order valence-electron chi connectivity index (χ4n) is 1.43. The number of Topliss-reactive ketones (excluding diaryl/α,β-unsaturated/α-hetero) is 1. The van der Waals surface area contributed by atoms with Crippen molar-refractivity contribution in [2.75, 3.05) is 0 Å².